The number of nitrogens with two attached hydrogens (primary N) is 1. The van der Waals surface area contributed by atoms with E-state index in [2.05, 4.69) is 0 Å². The summed E-state index contributed by atoms with van der Waals surface area (Å²) in [5.74, 6) is 0. The first-order valence-corrected chi connectivity index (χ1v) is 6.21. The molecule has 68 valence electrons. The third-order valence-corrected chi connectivity index (χ3v) is 2.20. The standard InChI is InChI=1S/C2H9NO6P2/c4-10(5,6)1-3-2-11(7,8)9/h3H,1-2H2,(H2,4,5,6)(H2,7,8,9)/p+1. The monoisotopic (exact) mass is 206 g/mol. The Morgan fingerprint density at radius 3 is 1.36 bits per heavy atom. The molecule has 0 fully saturated rings. The Hall–Kier alpha value is 0.580. The van der Waals surface area contributed by atoms with Crippen LogP contribution in [0.25, 0.3) is 0 Å². The van der Waals surface area contributed by atoms with E-state index >= 15 is 0 Å². The Morgan fingerprint density at radius 1 is 0.909 bits per heavy atom. The molecule has 0 aliphatic rings. The number of quaternary nitrogens is 1. The average Bonchev–Trinajstić information content (AvgIpc) is 1.55. The summed E-state index contributed by atoms with van der Waals surface area (Å²) < 4.78 is 0. The predicted molar refractivity (Wildman–Crippen MR) is 34.4 cm³/mol. The summed E-state index contributed by atoms with van der Waals surface area (Å²) in [6, 6.07) is 0. The lowest BCUT2D eigenvalue weighted by Crippen LogP contribution is -2.85. The second-order valence-corrected chi connectivity index (χ2v) is 5.37. The topological polar surface area (TPSA) is 144 Å². The molecule has 0 atom stereocenters. The fraction of sp³-hybridized carbons (Fsp3) is 1.00. The van der Waals surface area contributed by atoms with Crippen LogP contribution in [0.3, 0.4) is 0 Å². The van der Waals surface area contributed by atoms with E-state index in [0.717, 1.165) is 5.32 Å². The molecular formula is C2H10NO6P2+. The molecule has 0 aliphatic heterocycles. The number of hydrogen-bond donors (Lipinski definition) is 5. The lowest BCUT2D eigenvalue weighted by atomic mass is 11.2. The third kappa shape index (κ3) is 10.6. The molecule has 7 nitrogen and oxygen atoms in total. The van der Waals surface area contributed by atoms with Crippen molar-refractivity contribution in [2.75, 3.05) is 12.6 Å². The van der Waals surface area contributed by atoms with E-state index in [1.807, 2.05) is 0 Å². The average molecular weight is 206 g/mol. The summed E-state index contributed by atoms with van der Waals surface area (Å²) >= 11 is 0. The normalized spacial score (nSPS) is 13.6. The Bertz CT molecular complexity index is 103. The highest BCUT2D eigenvalue weighted by molar-refractivity contribution is 7.57. The fourth-order valence-electron chi connectivity index (χ4n) is 0.394. The van der Waals surface area contributed by atoms with Crippen molar-refractivity contribution in [3.63, 3.8) is 0 Å². The summed E-state index contributed by atoms with van der Waals surface area (Å²) in [6.45, 7) is 0. The van der Waals surface area contributed by atoms with Gasteiger partial charge in [-0.15, -0.1) is 0 Å². The van der Waals surface area contributed by atoms with Crippen LogP contribution in [0.2, 0.25) is 0 Å². The van der Waals surface area contributed by atoms with E-state index in [1.54, 1.807) is 0 Å². The molecule has 0 aromatic heterocycles. The zero-order valence-electron chi connectivity index (χ0n) is 5.49. The summed E-state index contributed by atoms with van der Waals surface area (Å²) in [7, 11) is -8.30. The highest BCUT2D eigenvalue weighted by atomic mass is 31.2. The molecule has 0 saturated heterocycles. The molecule has 0 aromatic rings. The van der Waals surface area contributed by atoms with Gasteiger partial charge < -0.3 is 9.79 Å². The van der Waals surface area contributed by atoms with E-state index in [4.69, 9.17) is 19.6 Å². The first-order valence-electron chi connectivity index (χ1n) is 2.61. The van der Waals surface area contributed by atoms with E-state index in [-0.39, 0.29) is 0 Å². The third-order valence-electron chi connectivity index (χ3n) is 0.734. The van der Waals surface area contributed by atoms with Crippen molar-refractivity contribution in [1.29, 1.82) is 0 Å². The molecule has 0 rings (SSSR count). The van der Waals surface area contributed by atoms with Crippen LogP contribution in [0, 0.1) is 0 Å². The van der Waals surface area contributed by atoms with Gasteiger partial charge in [0.05, 0.1) is 0 Å². The molecule has 0 spiro atoms. The van der Waals surface area contributed by atoms with Crippen molar-refractivity contribution in [1.82, 2.24) is 0 Å². The van der Waals surface area contributed by atoms with Crippen LogP contribution < -0.4 is 15.1 Å². The van der Waals surface area contributed by atoms with Gasteiger partial charge in [0.25, 0.3) is 15.9 Å². The van der Waals surface area contributed by atoms with Gasteiger partial charge in [-0.25, -0.2) is 19.6 Å². The van der Waals surface area contributed by atoms with E-state index in [1.165, 1.54) is 0 Å². The van der Waals surface area contributed by atoms with Crippen molar-refractivity contribution in [2.24, 2.45) is 0 Å². The molecular weight excluding hydrogens is 196 g/mol. The largest absolute Gasteiger partial charge is 0.627 e. The highest BCUT2D eigenvalue weighted by Crippen LogP contribution is 2.37. The predicted octanol–water partition coefficient (Wildman–Crippen LogP) is -4.32. The van der Waals surface area contributed by atoms with Crippen LogP contribution >= 0.6 is 15.9 Å². The van der Waals surface area contributed by atoms with Crippen LogP contribution in [0.1, 0.15) is 0 Å². The van der Waals surface area contributed by atoms with Crippen molar-refractivity contribution in [2.45, 2.75) is 0 Å². The molecule has 0 bridgehead atoms. The van der Waals surface area contributed by atoms with Gasteiger partial charge in [0, 0.05) is 0 Å². The molecule has 11 heavy (non-hydrogen) atoms. The lowest BCUT2D eigenvalue weighted by molar-refractivity contribution is -0.631. The Kier molecular flexibility index (Phi) is 4.21. The fourth-order valence-corrected chi connectivity index (χ4v) is 1.53. The maximum atomic E-state index is 10.1. The summed E-state index contributed by atoms with van der Waals surface area (Å²) in [5, 5.41) is 0.890. The van der Waals surface area contributed by atoms with Gasteiger partial charge in [0.1, 0.15) is 0 Å². The van der Waals surface area contributed by atoms with Crippen molar-refractivity contribution in [3.8, 4) is 0 Å². The Labute approximate surface area is 64.1 Å². The Morgan fingerprint density at radius 2 is 1.18 bits per heavy atom. The van der Waals surface area contributed by atoms with Gasteiger partial charge in [-0.1, -0.05) is 0 Å². The van der Waals surface area contributed by atoms with Gasteiger partial charge in [0.15, 0.2) is 0 Å². The Balaban J connectivity index is 3.44. The molecule has 0 aromatic carbocycles. The minimum Gasteiger partial charge on any atom is -0.627 e. The lowest BCUT2D eigenvalue weighted by Gasteiger charge is -2.15. The van der Waals surface area contributed by atoms with E-state index < -0.39 is 28.5 Å². The van der Waals surface area contributed by atoms with Crippen LogP contribution in [0.15, 0.2) is 0 Å². The van der Waals surface area contributed by atoms with Gasteiger partial charge in [-0.05, 0) is 0 Å². The van der Waals surface area contributed by atoms with E-state index in [0.29, 0.717) is 0 Å². The van der Waals surface area contributed by atoms with Crippen LogP contribution in [0.4, 0.5) is 0 Å². The summed E-state index contributed by atoms with van der Waals surface area (Å²) in [6.07, 6.45) is -1.20. The van der Waals surface area contributed by atoms with Crippen molar-refractivity contribution in [3.05, 3.63) is 0 Å². The van der Waals surface area contributed by atoms with Crippen LogP contribution in [-0.2, 0) is 0 Å². The minimum absolute atomic E-state index is 0.599. The molecule has 9 heteroatoms. The molecule has 0 radical (unpaired) electrons. The number of rotatable bonds is 4. The zero-order valence-corrected chi connectivity index (χ0v) is 7.28. The van der Waals surface area contributed by atoms with Gasteiger partial charge >= 0.3 is 0 Å². The molecule has 6 N–H and O–H groups in total. The second kappa shape index (κ2) is 4.00. The molecule has 0 aliphatic carbocycles. The highest BCUT2D eigenvalue weighted by Gasteiger charge is 2.26. The van der Waals surface area contributed by atoms with Gasteiger partial charge in [-0.3, -0.25) is 5.32 Å². The number of hydrogen-bond acceptors (Lipinski definition) is 6. The molecule has 0 heterocycles. The zero-order chi connectivity index (χ0) is 9.12. The van der Waals surface area contributed by atoms with Crippen LogP contribution in [0.5, 0.6) is 0 Å². The van der Waals surface area contributed by atoms with Crippen molar-refractivity contribution < 1.29 is 34.7 Å². The minimum atomic E-state index is -4.15. The summed E-state index contributed by atoms with van der Waals surface area (Å²) in [4.78, 5) is 53.2. The summed E-state index contributed by atoms with van der Waals surface area (Å²) in [5.41, 5.74) is 0. The van der Waals surface area contributed by atoms with Crippen molar-refractivity contribution >= 4 is 15.9 Å². The second-order valence-electron chi connectivity index (χ2n) is 1.98. The molecule has 0 unspecified atom stereocenters. The van der Waals surface area contributed by atoms with Gasteiger partial charge in [0.2, 0.25) is 12.6 Å². The molecule has 0 saturated carbocycles. The molecule has 0 amide bonds. The first kappa shape index (κ1) is 11.6. The smallest absolute Gasteiger partial charge is 0.286 e. The van der Waals surface area contributed by atoms with E-state index in [9.17, 15) is 9.79 Å². The maximum absolute atomic E-state index is 10.1. The van der Waals surface area contributed by atoms with Gasteiger partial charge in [-0.2, -0.15) is 0 Å². The SMILES string of the molecule is [O-][P+](O)(O)C[NH2+]C[P+]([O-])(O)O. The quantitative estimate of drug-likeness (QED) is 0.294. The first-order chi connectivity index (χ1) is 4.71. The maximum Gasteiger partial charge on any atom is 0.286 e. The van der Waals surface area contributed by atoms with Crippen LogP contribution in [-0.4, -0.2) is 32.1 Å².